The lowest BCUT2D eigenvalue weighted by Crippen LogP contribution is -2.52. The number of aromatic nitrogens is 1. The van der Waals surface area contributed by atoms with E-state index in [2.05, 4.69) is 20.5 Å². The van der Waals surface area contributed by atoms with Gasteiger partial charge in [0.1, 0.15) is 24.2 Å². The molecule has 2 amide bonds. The molecule has 5 aromatic rings. The van der Waals surface area contributed by atoms with Crippen molar-refractivity contribution in [2.24, 2.45) is 5.92 Å². The molecule has 5 N–H and O–H groups in total. The van der Waals surface area contributed by atoms with E-state index in [1.54, 1.807) is 12.1 Å². The number of amides is 2. The molecule has 0 radical (unpaired) electrons. The number of aromatic hydroxyl groups is 1. The number of aromatic amines is 1. The first-order valence-corrected chi connectivity index (χ1v) is 21.9. The van der Waals surface area contributed by atoms with Gasteiger partial charge in [0.05, 0.1) is 17.7 Å². The van der Waals surface area contributed by atoms with Crippen LogP contribution in [0.3, 0.4) is 0 Å². The van der Waals surface area contributed by atoms with Crippen LogP contribution in [-0.2, 0) is 11.3 Å². The van der Waals surface area contributed by atoms with Crippen molar-refractivity contribution < 1.29 is 29.3 Å². The highest BCUT2D eigenvalue weighted by Crippen LogP contribution is 2.32. The van der Waals surface area contributed by atoms with Crippen molar-refractivity contribution in [3.05, 3.63) is 141 Å². The van der Waals surface area contributed by atoms with Crippen LogP contribution in [0.25, 0.3) is 10.9 Å². The van der Waals surface area contributed by atoms with Crippen molar-refractivity contribution >= 4 is 22.9 Å². The van der Waals surface area contributed by atoms with Crippen LogP contribution in [0.5, 0.6) is 11.5 Å². The highest BCUT2D eigenvalue weighted by atomic mass is 16.6. The summed E-state index contributed by atoms with van der Waals surface area (Å²) in [7, 11) is 0. The number of hydrogen-bond donors (Lipinski definition) is 5. The van der Waals surface area contributed by atoms with Crippen molar-refractivity contribution in [3.63, 3.8) is 0 Å². The van der Waals surface area contributed by atoms with Gasteiger partial charge in [0, 0.05) is 42.7 Å². The van der Waals surface area contributed by atoms with Crippen LogP contribution in [0, 0.1) is 5.92 Å². The lowest BCUT2D eigenvalue weighted by Gasteiger charge is -2.43. The predicted molar refractivity (Wildman–Crippen MR) is 235 cm³/mol. The van der Waals surface area contributed by atoms with Crippen LogP contribution in [0.1, 0.15) is 96.1 Å². The number of carbonyl (C=O) groups excluding carboxylic acids is 2. The fourth-order valence-corrected chi connectivity index (χ4v) is 9.35. The van der Waals surface area contributed by atoms with Crippen molar-refractivity contribution in [3.8, 4) is 11.5 Å². The van der Waals surface area contributed by atoms with Gasteiger partial charge in [-0.15, -0.1) is 0 Å². The second kappa shape index (κ2) is 19.8. The molecule has 12 nitrogen and oxygen atoms in total. The summed E-state index contributed by atoms with van der Waals surface area (Å²) in [6.07, 6.45) is 6.63. The number of nitrogens with zero attached hydrogens (tertiary/aromatic N) is 2. The van der Waals surface area contributed by atoms with Crippen molar-refractivity contribution in [1.82, 2.24) is 25.4 Å². The average Bonchev–Trinajstić information content (AvgIpc) is 3.29. The Hall–Kier alpha value is -5.69. The van der Waals surface area contributed by atoms with Crippen LogP contribution in [0.2, 0.25) is 0 Å². The number of nitrogens with one attached hydrogen (secondary N) is 3. The lowest BCUT2D eigenvalue weighted by molar-refractivity contribution is -0.0336. The van der Waals surface area contributed by atoms with Crippen LogP contribution in [-0.4, -0.2) is 88.4 Å². The summed E-state index contributed by atoms with van der Waals surface area (Å²) in [5.41, 5.74) is 4.01. The number of benzene rings is 4. The van der Waals surface area contributed by atoms with E-state index in [1.807, 2.05) is 83.8 Å². The summed E-state index contributed by atoms with van der Waals surface area (Å²) in [6.45, 7) is 5.02. The number of rotatable bonds is 16. The molecule has 12 heteroatoms. The second-order valence-corrected chi connectivity index (χ2v) is 16.8. The Balaban J connectivity index is 0.832. The number of pyridine rings is 1. The maximum absolute atomic E-state index is 14.0. The number of piperidine rings is 4. The molecule has 9 rings (SSSR count). The number of phenols is 1. The largest absolute Gasteiger partial charge is 0.506 e. The number of H-pyrrole nitrogens is 1. The maximum atomic E-state index is 14.0. The molecular formula is C49H57N5O7. The lowest BCUT2D eigenvalue weighted by atomic mass is 9.86. The Bertz CT molecular complexity index is 2330. The van der Waals surface area contributed by atoms with Gasteiger partial charge >= 0.3 is 6.09 Å². The van der Waals surface area contributed by atoms with Crippen LogP contribution >= 0.6 is 0 Å². The Labute approximate surface area is 356 Å². The van der Waals surface area contributed by atoms with E-state index in [-0.39, 0.29) is 36.0 Å². The van der Waals surface area contributed by atoms with Gasteiger partial charge in [-0.3, -0.25) is 14.5 Å². The van der Waals surface area contributed by atoms with E-state index in [0.29, 0.717) is 46.8 Å². The SMILES string of the molecule is O=C(N[C@@H](c1ccccc1)c1cccc(OCc2cccc(C(=O)N3CCCCC3CCCCNCC(O)c3ccc(O)c4[nH]c(=O)ccc34)c2)c1)OC1CN2CCC1CC2. The molecule has 5 heterocycles. The van der Waals surface area contributed by atoms with Crippen LogP contribution < -0.4 is 20.9 Å². The molecule has 3 unspecified atom stereocenters. The molecule has 4 aliphatic heterocycles. The molecular weight excluding hydrogens is 771 g/mol. The summed E-state index contributed by atoms with van der Waals surface area (Å²) >= 11 is 0. The van der Waals surface area contributed by atoms with Gasteiger partial charge in [-0.25, -0.2) is 4.79 Å². The van der Waals surface area contributed by atoms with Crippen molar-refractivity contribution in [1.29, 1.82) is 0 Å². The fourth-order valence-electron chi connectivity index (χ4n) is 9.35. The zero-order valence-electron chi connectivity index (χ0n) is 34.6. The van der Waals surface area contributed by atoms with Gasteiger partial charge in [0.2, 0.25) is 5.56 Å². The van der Waals surface area contributed by atoms with Crippen molar-refractivity contribution in [2.45, 2.75) is 82.3 Å². The van der Waals surface area contributed by atoms with Crippen LogP contribution in [0.4, 0.5) is 4.79 Å². The van der Waals surface area contributed by atoms with Gasteiger partial charge in [0.25, 0.3) is 5.91 Å². The van der Waals surface area contributed by atoms with Crippen molar-refractivity contribution in [2.75, 3.05) is 39.3 Å². The smallest absolute Gasteiger partial charge is 0.408 e. The minimum Gasteiger partial charge on any atom is -0.506 e. The number of aliphatic hydroxyl groups excluding tert-OH is 1. The summed E-state index contributed by atoms with van der Waals surface area (Å²) in [6, 6.07) is 31.3. The molecule has 1 aromatic heterocycles. The van der Waals surface area contributed by atoms with Gasteiger partial charge in [-0.2, -0.15) is 0 Å². The molecule has 2 bridgehead atoms. The highest BCUT2D eigenvalue weighted by Gasteiger charge is 2.37. The van der Waals surface area contributed by atoms with Gasteiger partial charge in [-0.1, -0.05) is 67.1 Å². The highest BCUT2D eigenvalue weighted by molar-refractivity contribution is 5.94. The third-order valence-corrected chi connectivity index (χ3v) is 12.7. The minimum absolute atomic E-state index is 0.0334. The first kappa shape index (κ1) is 42.0. The summed E-state index contributed by atoms with van der Waals surface area (Å²) in [5.74, 6) is 1.09. The number of fused-ring (bicyclic) bond motifs is 4. The monoisotopic (exact) mass is 827 g/mol. The summed E-state index contributed by atoms with van der Waals surface area (Å²) in [5, 5.41) is 28.2. The average molecular weight is 828 g/mol. The molecule has 320 valence electrons. The third-order valence-electron chi connectivity index (χ3n) is 12.7. The van der Waals surface area contributed by atoms with E-state index in [4.69, 9.17) is 9.47 Å². The quantitative estimate of drug-likeness (QED) is 0.0649. The second-order valence-electron chi connectivity index (χ2n) is 16.8. The zero-order chi connectivity index (χ0) is 42.1. The number of hydrogen-bond acceptors (Lipinski definition) is 9. The minimum atomic E-state index is -0.807. The Morgan fingerprint density at radius 1 is 0.852 bits per heavy atom. The predicted octanol–water partition coefficient (Wildman–Crippen LogP) is 7.21. The molecule has 0 aliphatic carbocycles. The number of aliphatic hydroxyl groups is 1. The van der Waals surface area contributed by atoms with E-state index in [9.17, 15) is 24.6 Å². The zero-order valence-corrected chi connectivity index (χ0v) is 34.6. The van der Waals surface area contributed by atoms with Gasteiger partial charge in [0.15, 0.2) is 0 Å². The molecule has 0 saturated carbocycles. The third kappa shape index (κ3) is 10.4. The Morgan fingerprint density at radius 2 is 1.67 bits per heavy atom. The molecule has 61 heavy (non-hydrogen) atoms. The van der Waals surface area contributed by atoms with E-state index < -0.39 is 18.2 Å². The Kier molecular flexibility index (Phi) is 13.6. The molecule has 0 spiro atoms. The normalized spacial score (nSPS) is 20.8. The Morgan fingerprint density at radius 3 is 2.49 bits per heavy atom. The van der Waals surface area contributed by atoms with E-state index in [0.717, 1.165) is 94.2 Å². The topological polar surface area (TPSA) is 156 Å². The fraction of sp³-hybridized carbons (Fsp3) is 0.408. The summed E-state index contributed by atoms with van der Waals surface area (Å²) < 4.78 is 12.3. The van der Waals surface area contributed by atoms with E-state index >= 15 is 0 Å². The number of unbranched alkanes of at least 4 members (excludes halogenated alkanes) is 1. The number of likely N-dealkylation sites (tertiary alicyclic amines) is 1. The first-order chi connectivity index (χ1) is 29.8. The number of alkyl carbamates (subject to hydrolysis) is 1. The first-order valence-electron chi connectivity index (χ1n) is 21.9. The molecule has 4 aromatic carbocycles. The summed E-state index contributed by atoms with van der Waals surface area (Å²) in [4.78, 5) is 46.1. The molecule has 4 aliphatic rings. The standard InChI is InChI=1S/C49H57N5O7/c55-42-20-18-40(41-19-21-45(57)51-47(41)42)43(56)30-50-24-6-4-15-38-16-5-7-25-54(38)48(58)37-14-8-10-33(28-37)32-60-39-17-9-13-36(29-39)46(35-11-2-1-3-12-35)52-49(59)61-44-31-53-26-22-34(44)23-27-53/h1-3,8-14,17-21,28-29,34,38,43-44,46,50,55-56H,4-7,15-16,22-27,30-32H2,(H,51,57)(H,52,59)/t38?,43?,44?,46-/m0/s1. The number of phenolic OH excluding ortho intramolecular Hbond substituents is 1. The number of ether oxygens (including phenoxy) is 2. The van der Waals surface area contributed by atoms with E-state index in [1.165, 1.54) is 12.1 Å². The maximum Gasteiger partial charge on any atom is 0.408 e. The van der Waals surface area contributed by atoms with Gasteiger partial charge < -0.3 is 40.2 Å². The van der Waals surface area contributed by atoms with Gasteiger partial charge in [-0.05, 0) is 129 Å². The number of carbonyl (C=O) groups is 2. The molecule has 4 fully saturated rings. The van der Waals surface area contributed by atoms with Crippen LogP contribution in [0.15, 0.2) is 108 Å². The molecule has 4 atom stereocenters. The molecule has 4 saturated heterocycles.